The molecule has 206 valence electrons. The molecule has 0 saturated carbocycles. The number of esters is 3. The lowest BCUT2D eigenvalue weighted by Gasteiger charge is -2.37. The lowest BCUT2D eigenvalue weighted by molar-refractivity contribution is -0.255. The summed E-state index contributed by atoms with van der Waals surface area (Å²) < 4.78 is 23.4. The van der Waals surface area contributed by atoms with Gasteiger partial charge in [0.05, 0.1) is 22.4 Å². The maximum absolute atomic E-state index is 13.1. The van der Waals surface area contributed by atoms with E-state index in [4.69, 9.17) is 18.9 Å². The average Bonchev–Trinajstić information content (AvgIpc) is 3.14. The zero-order valence-corrected chi connectivity index (χ0v) is 22.9. The van der Waals surface area contributed by atoms with Crippen molar-refractivity contribution in [1.82, 2.24) is 0 Å². The number of carboxylic acid groups (broad SMARTS) is 1. The third-order valence-electron chi connectivity index (χ3n) is 6.63. The van der Waals surface area contributed by atoms with Crippen molar-refractivity contribution in [2.45, 2.75) is 47.1 Å². The van der Waals surface area contributed by atoms with Crippen LogP contribution in [0.1, 0.15) is 78.9 Å². The summed E-state index contributed by atoms with van der Waals surface area (Å²) in [5, 5.41) is 11.7. The van der Waals surface area contributed by atoms with E-state index in [1.165, 1.54) is 30.3 Å². The molecule has 0 amide bonds. The Kier molecular flexibility index (Phi) is 6.02. The molecule has 0 N–H and O–H groups in total. The van der Waals surface area contributed by atoms with Gasteiger partial charge in [-0.2, -0.15) is 0 Å². The van der Waals surface area contributed by atoms with Crippen LogP contribution >= 0.6 is 0 Å². The van der Waals surface area contributed by atoms with Crippen LogP contribution in [-0.4, -0.2) is 23.9 Å². The zero-order valence-electron chi connectivity index (χ0n) is 22.9. The molecule has 0 unspecified atom stereocenters. The van der Waals surface area contributed by atoms with Crippen molar-refractivity contribution in [2.75, 3.05) is 0 Å². The molecule has 0 aliphatic carbocycles. The number of rotatable bonds is 3. The minimum atomic E-state index is -1.60. The highest BCUT2D eigenvalue weighted by molar-refractivity contribution is 5.99. The first-order valence-corrected chi connectivity index (χ1v) is 12.6. The minimum Gasteiger partial charge on any atom is -0.545 e. The van der Waals surface area contributed by atoms with Crippen molar-refractivity contribution in [1.29, 1.82) is 0 Å². The Morgan fingerprint density at radius 3 is 1.68 bits per heavy atom. The van der Waals surface area contributed by atoms with Crippen LogP contribution in [0.5, 0.6) is 23.0 Å². The first-order valence-electron chi connectivity index (χ1n) is 12.6. The summed E-state index contributed by atoms with van der Waals surface area (Å²) in [6.45, 7) is 10.3. The normalized spacial score (nSPS) is 14.8. The second-order valence-electron chi connectivity index (χ2n) is 11.8. The van der Waals surface area contributed by atoms with Crippen LogP contribution in [-0.2, 0) is 19.9 Å². The van der Waals surface area contributed by atoms with E-state index in [2.05, 4.69) is 0 Å². The summed E-state index contributed by atoms with van der Waals surface area (Å²) in [4.78, 5) is 50.0. The molecule has 2 heterocycles. The Morgan fingerprint density at radius 1 is 0.725 bits per heavy atom. The van der Waals surface area contributed by atoms with E-state index in [0.29, 0.717) is 11.1 Å². The van der Waals surface area contributed by atoms with Crippen LogP contribution in [0, 0.1) is 10.8 Å². The number of fused-ring (bicyclic) bond motifs is 6. The maximum Gasteiger partial charge on any atom is 0.340 e. The summed E-state index contributed by atoms with van der Waals surface area (Å²) in [6, 6.07) is 13.3. The lowest BCUT2D eigenvalue weighted by atomic mass is 9.77. The van der Waals surface area contributed by atoms with Crippen LogP contribution in [0.25, 0.3) is 0 Å². The fraction of sp³-hybridized carbons (Fsp3) is 0.290. The summed E-state index contributed by atoms with van der Waals surface area (Å²) in [6.07, 6.45) is 0. The smallest absolute Gasteiger partial charge is 0.340 e. The Labute approximate surface area is 230 Å². The van der Waals surface area contributed by atoms with Crippen molar-refractivity contribution >= 4 is 23.9 Å². The number of aromatic carboxylic acids is 1. The van der Waals surface area contributed by atoms with Crippen molar-refractivity contribution < 1.29 is 43.2 Å². The van der Waals surface area contributed by atoms with Gasteiger partial charge in [-0.25, -0.2) is 4.79 Å². The zero-order chi connectivity index (χ0) is 29.2. The van der Waals surface area contributed by atoms with E-state index < -0.39 is 40.3 Å². The van der Waals surface area contributed by atoms with Gasteiger partial charge in [0.2, 0.25) is 0 Å². The monoisotopic (exact) mass is 543 g/mol. The second kappa shape index (κ2) is 8.94. The predicted octanol–water partition coefficient (Wildman–Crippen LogP) is 4.52. The van der Waals surface area contributed by atoms with Crippen LogP contribution < -0.4 is 19.3 Å². The van der Waals surface area contributed by atoms with Crippen LogP contribution in [0.15, 0.2) is 54.6 Å². The molecular weight excluding hydrogens is 516 g/mol. The lowest BCUT2D eigenvalue weighted by Crippen LogP contribution is -2.33. The molecule has 0 radical (unpaired) electrons. The summed E-state index contributed by atoms with van der Waals surface area (Å²) in [7, 11) is 0. The molecule has 0 atom stereocenters. The third-order valence-corrected chi connectivity index (χ3v) is 6.63. The Balaban J connectivity index is 1.71. The Hall–Kier alpha value is -4.66. The van der Waals surface area contributed by atoms with Gasteiger partial charge in [0.15, 0.2) is 5.60 Å². The molecule has 2 aliphatic rings. The predicted molar refractivity (Wildman–Crippen MR) is 139 cm³/mol. The van der Waals surface area contributed by atoms with E-state index in [1.807, 2.05) is 0 Å². The first kappa shape index (κ1) is 26.9. The molecule has 0 fully saturated rings. The largest absolute Gasteiger partial charge is 0.545 e. The highest BCUT2D eigenvalue weighted by Gasteiger charge is 2.54. The number of carbonyl (C=O) groups excluding carboxylic acids is 4. The highest BCUT2D eigenvalue weighted by atomic mass is 16.6. The molecule has 2 aliphatic heterocycles. The van der Waals surface area contributed by atoms with Gasteiger partial charge in [-0.1, -0.05) is 6.07 Å². The van der Waals surface area contributed by atoms with Crippen molar-refractivity contribution in [3.63, 3.8) is 0 Å². The molecule has 0 saturated heterocycles. The van der Waals surface area contributed by atoms with Gasteiger partial charge in [-0.15, -0.1) is 0 Å². The van der Waals surface area contributed by atoms with E-state index in [0.717, 1.165) is 0 Å². The summed E-state index contributed by atoms with van der Waals surface area (Å²) >= 11 is 0. The second-order valence-corrected chi connectivity index (χ2v) is 11.8. The topological polar surface area (TPSA) is 128 Å². The van der Waals surface area contributed by atoms with Gasteiger partial charge in [-0.05, 0) is 83.5 Å². The standard InChI is InChI=1S/C31H28O9/c1-29(2,3)27(35)37-17-8-11-20-23(14-17)39-24-15-18(38-28(36)30(4,5)6)9-12-21(24)31(20)22-13-16(25(32)33)7-10-19(22)26(34)40-31/h7-15H,1-6H3,(H,32,33)/p-1. The fourth-order valence-corrected chi connectivity index (χ4v) is 4.46. The van der Waals surface area contributed by atoms with Gasteiger partial charge < -0.3 is 28.8 Å². The van der Waals surface area contributed by atoms with Crippen molar-refractivity contribution in [3.05, 3.63) is 82.4 Å². The van der Waals surface area contributed by atoms with Crippen molar-refractivity contribution in [2.24, 2.45) is 10.8 Å². The van der Waals surface area contributed by atoms with E-state index in [9.17, 15) is 24.3 Å². The van der Waals surface area contributed by atoms with Gasteiger partial charge in [-0.3, -0.25) is 9.59 Å². The quantitative estimate of drug-likeness (QED) is 0.346. The third kappa shape index (κ3) is 4.37. The number of carboxylic acids is 1. The highest BCUT2D eigenvalue weighted by Crippen LogP contribution is 2.57. The number of carbonyl (C=O) groups is 4. The van der Waals surface area contributed by atoms with Crippen molar-refractivity contribution in [3.8, 4) is 23.0 Å². The molecule has 5 rings (SSSR count). The van der Waals surface area contributed by atoms with E-state index >= 15 is 0 Å². The van der Waals surface area contributed by atoms with Gasteiger partial charge >= 0.3 is 17.9 Å². The summed E-state index contributed by atoms with van der Waals surface area (Å²) in [5.41, 5.74) is -2.04. The van der Waals surface area contributed by atoms with Gasteiger partial charge in [0.25, 0.3) is 0 Å². The number of hydrogen-bond acceptors (Lipinski definition) is 9. The minimum absolute atomic E-state index is 0.141. The van der Waals surface area contributed by atoms with Crippen LogP contribution in [0.3, 0.4) is 0 Å². The Morgan fingerprint density at radius 2 is 1.23 bits per heavy atom. The molecule has 9 heteroatoms. The molecule has 3 aromatic carbocycles. The first-order chi connectivity index (χ1) is 18.6. The number of ether oxygens (including phenoxy) is 4. The molecule has 0 bridgehead atoms. The van der Waals surface area contributed by atoms with Gasteiger partial charge in [0, 0.05) is 28.8 Å². The molecule has 1 spiro atoms. The van der Waals surface area contributed by atoms with E-state index in [1.54, 1.807) is 65.8 Å². The average molecular weight is 544 g/mol. The summed E-state index contributed by atoms with van der Waals surface area (Å²) in [5.74, 6) is -2.22. The molecule has 9 nitrogen and oxygen atoms in total. The molecule has 40 heavy (non-hydrogen) atoms. The molecule has 3 aromatic rings. The fourth-order valence-electron chi connectivity index (χ4n) is 4.46. The molecule has 0 aromatic heterocycles. The van der Waals surface area contributed by atoms with Crippen LogP contribution in [0.2, 0.25) is 0 Å². The van der Waals surface area contributed by atoms with Crippen LogP contribution in [0.4, 0.5) is 0 Å². The Bertz CT molecular complexity index is 1520. The molecular formula is C31H27O9-. The van der Waals surface area contributed by atoms with Gasteiger partial charge in [0.1, 0.15) is 23.0 Å². The van der Waals surface area contributed by atoms with E-state index in [-0.39, 0.29) is 39.7 Å². The maximum atomic E-state index is 13.1. The number of benzene rings is 3. The SMILES string of the molecule is CC(C)(C)C(=O)Oc1ccc2c(c1)Oc1cc(OC(=O)C(C)(C)C)ccc1C21OC(=O)c2ccc(C(=O)[O-])cc21. The number of hydrogen-bond donors (Lipinski definition) is 0.